The van der Waals surface area contributed by atoms with Gasteiger partial charge in [0, 0.05) is 30.4 Å². The maximum absolute atomic E-state index is 5.46. The molecule has 1 aliphatic rings. The van der Waals surface area contributed by atoms with Gasteiger partial charge in [-0.1, -0.05) is 18.0 Å². The first kappa shape index (κ1) is 14.2. The second-order valence-corrected chi connectivity index (χ2v) is 5.85. The molecule has 5 heteroatoms. The highest BCUT2D eigenvalue weighted by Gasteiger charge is 2.26. The maximum atomic E-state index is 5.46. The van der Waals surface area contributed by atoms with Crippen molar-refractivity contribution in [3.05, 3.63) is 29.9 Å². The maximum Gasteiger partial charge on any atom is 0.227 e. The zero-order valence-electron chi connectivity index (χ0n) is 12.7. The number of nitrogens with one attached hydrogen (secondary N) is 1. The molecule has 1 N–H and O–H groups in total. The quantitative estimate of drug-likeness (QED) is 0.936. The van der Waals surface area contributed by atoms with E-state index in [0.29, 0.717) is 17.8 Å². The molecule has 1 saturated carbocycles. The van der Waals surface area contributed by atoms with E-state index in [0.717, 1.165) is 23.4 Å². The zero-order valence-corrected chi connectivity index (χ0v) is 12.7. The third kappa shape index (κ3) is 3.13. The number of pyridine rings is 1. The van der Waals surface area contributed by atoms with Crippen LogP contribution < -0.4 is 5.32 Å². The fourth-order valence-electron chi connectivity index (χ4n) is 3.23. The number of aromatic nitrogens is 3. The highest BCUT2D eigenvalue weighted by molar-refractivity contribution is 5.57. The lowest BCUT2D eigenvalue weighted by molar-refractivity contribution is 0.248. The van der Waals surface area contributed by atoms with E-state index in [-0.39, 0.29) is 0 Å². The number of nitrogens with zero attached hydrogens (tertiary/aromatic N) is 3. The Balaban J connectivity index is 1.75. The van der Waals surface area contributed by atoms with E-state index in [9.17, 15) is 0 Å². The van der Waals surface area contributed by atoms with E-state index in [2.05, 4.69) is 20.4 Å². The predicted octanol–water partition coefficient (Wildman–Crippen LogP) is 2.76. The summed E-state index contributed by atoms with van der Waals surface area (Å²) in [6, 6.07) is 2.50. The molecule has 0 bridgehead atoms. The molecule has 0 saturated heterocycles. The van der Waals surface area contributed by atoms with Gasteiger partial charge in [0.15, 0.2) is 0 Å². The van der Waals surface area contributed by atoms with Crippen molar-refractivity contribution in [3.8, 4) is 11.4 Å². The Bertz CT molecular complexity index is 595. The average Bonchev–Trinajstić information content (AvgIpc) is 2.96. The van der Waals surface area contributed by atoms with E-state index in [4.69, 9.17) is 4.52 Å². The standard InChI is InChI=1S/C16H22N4O/c1-11-10-18-8-7-13(11)16-19-15(21-20-16)9-12-5-3-4-6-14(12)17-2/h7-8,10,12,14,17H,3-6,9H2,1-2H3. The fraction of sp³-hybridized carbons (Fsp3) is 0.562. The first-order valence-electron chi connectivity index (χ1n) is 7.68. The Morgan fingerprint density at radius 3 is 3.00 bits per heavy atom. The Hall–Kier alpha value is -1.75. The average molecular weight is 286 g/mol. The summed E-state index contributed by atoms with van der Waals surface area (Å²) in [5, 5.41) is 7.55. The lowest BCUT2D eigenvalue weighted by Crippen LogP contribution is -2.37. The number of hydrogen-bond donors (Lipinski definition) is 1. The predicted molar refractivity (Wildman–Crippen MR) is 80.8 cm³/mol. The van der Waals surface area contributed by atoms with Crippen LogP contribution in [0.3, 0.4) is 0 Å². The van der Waals surface area contributed by atoms with Gasteiger partial charge in [-0.05, 0) is 44.4 Å². The molecule has 0 aromatic carbocycles. The second-order valence-electron chi connectivity index (χ2n) is 5.85. The van der Waals surface area contributed by atoms with Crippen LogP contribution in [0.15, 0.2) is 23.0 Å². The van der Waals surface area contributed by atoms with Crippen LogP contribution in [-0.4, -0.2) is 28.2 Å². The molecule has 21 heavy (non-hydrogen) atoms. The summed E-state index contributed by atoms with van der Waals surface area (Å²) in [7, 11) is 2.04. The van der Waals surface area contributed by atoms with Gasteiger partial charge in [0.05, 0.1) is 0 Å². The van der Waals surface area contributed by atoms with Crippen LogP contribution in [0.5, 0.6) is 0 Å². The first-order chi connectivity index (χ1) is 10.3. The lowest BCUT2D eigenvalue weighted by atomic mass is 9.82. The molecule has 0 aliphatic heterocycles. The van der Waals surface area contributed by atoms with Crippen molar-refractivity contribution < 1.29 is 4.52 Å². The molecule has 2 heterocycles. The monoisotopic (exact) mass is 286 g/mol. The summed E-state index contributed by atoms with van der Waals surface area (Å²) in [4.78, 5) is 8.67. The van der Waals surface area contributed by atoms with E-state index < -0.39 is 0 Å². The van der Waals surface area contributed by atoms with Gasteiger partial charge >= 0.3 is 0 Å². The van der Waals surface area contributed by atoms with Crippen LogP contribution in [-0.2, 0) is 6.42 Å². The van der Waals surface area contributed by atoms with Crippen LogP contribution >= 0.6 is 0 Å². The van der Waals surface area contributed by atoms with E-state index in [1.165, 1.54) is 25.7 Å². The molecule has 112 valence electrons. The molecule has 5 nitrogen and oxygen atoms in total. The molecule has 1 fully saturated rings. The molecule has 2 aromatic rings. The van der Waals surface area contributed by atoms with Crippen molar-refractivity contribution in [3.63, 3.8) is 0 Å². The largest absolute Gasteiger partial charge is 0.339 e. The van der Waals surface area contributed by atoms with Crippen molar-refractivity contribution >= 4 is 0 Å². The molecular formula is C16H22N4O. The van der Waals surface area contributed by atoms with Gasteiger partial charge in [0.1, 0.15) is 0 Å². The van der Waals surface area contributed by atoms with E-state index in [1.807, 2.05) is 26.2 Å². The van der Waals surface area contributed by atoms with Crippen molar-refractivity contribution in [2.24, 2.45) is 5.92 Å². The van der Waals surface area contributed by atoms with Crippen LogP contribution in [0, 0.1) is 12.8 Å². The number of aryl methyl sites for hydroxylation is 1. The van der Waals surface area contributed by atoms with E-state index >= 15 is 0 Å². The van der Waals surface area contributed by atoms with Gasteiger partial charge in [-0.3, -0.25) is 4.98 Å². The van der Waals surface area contributed by atoms with Crippen molar-refractivity contribution in [2.75, 3.05) is 7.05 Å². The summed E-state index contributed by atoms with van der Waals surface area (Å²) >= 11 is 0. The van der Waals surface area contributed by atoms with Gasteiger partial charge in [-0.15, -0.1) is 0 Å². The molecule has 2 aromatic heterocycles. The summed E-state index contributed by atoms with van der Waals surface area (Å²) in [6.07, 6.45) is 9.53. The van der Waals surface area contributed by atoms with Gasteiger partial charge in [0.2, 0.25) is 11.7 Å². The van der Waals surface area contributed by atoms with Crippen molar-refractivity contribution in [1.29, 1.82) is 0 Å². The minimum atomic E-state index is 0.566. The van der Waals surface area contributed by atoms with Gasteiger partial charge in [0.25, 0.3) is 0 Å². The molecule has 3 rings (SSSR count). The smallest absolute Gasteiger partial charge is 0.227 e. The summed E-state index contributed by atoms with van der Waals surface area (Å²) in [5.74, 6) is 2.01. The van der Waals surface area contributed by atoms with Gasteiger partial charge in [-0.25, -0.2) is 0 Å². The Kier molecular flexibility index (Phi) is 4.29. The number of hydrogen-bond acceptors (Lipinski definition) is 5. The van der Waals surface area contributed by atoms with Crippen molar-refractivity contribution in [1.82, 2.24) is 20.4 Å². The highest BCUT2D eigenvalue weighted by atomic mass is 16.5. The molecule has 0 radical (unpaired) electrons. The van der Waals surface area contributed by atoms with E-state index in [1.54, 1.807) is 6.20 Å². The topological polar surface area (TPSA) is 63.8 Å². The van der Waals surface area contributed by atoms with Gasteiger partial charge < -0.3 is 9.84 Å². The van der Waals surface area contributed by atoms with Crippen LogP contribution in [0.2, 0.25) is 0 Å². The fourth-order valence-corrected chi connectivity index (χ4v) is 3.23. The Morgan fingerprint density at radius 2 is 2.19 bits per heavy atom. The van der Waals surface area contributed by atoms with Crippen LogP contribution in [0.1, 0.15) is 37.1 Å². The summed E-state index contributed by atoms with van der Waals surface area (Å²) < 4.78 is 5.46. The van der Waals surface area contributed by atoms with Crippen LogP contribution in [0.4, 0.5) is 0 Å². The molecule has 2 unspecified atom stereocenters. The summed E-state index contributed by atoms with van der Waals surface area (Å²) in [5.41, 5.74) is 2.06. The van der Waals surface area contributed by atoms with Crippen LogP contribution in [0.25, 0.3) is 11.4 Å². The lowest BCUT2D eigenvalue weighted by Gasteiger charge is -2.30. The molecule has 0 amide bonds. The summed E-state index contributed by atoms with van der Waals surface area (Å²) in [6.45, 7) is 2.01. The molecule has 2 atom stereocenters. The Morgan fingerprint density at radius 1 is 1.33 bits per heavy atom. The normalized spacial score (nSPS) is 22.4. The van der Waals surface area contributed by atoms with Gasteiger partial charge in [-0.2, -0.15) is 4.98 Å². The second kappa shape index (κ2) is 6.35. The third-order valence-corrected chi connectivity index (χ3v) is 4.45. The highest BCUT2D eigenvalue weighted by Crippen LogP contribution is 2.28. The molecular weight excluding hydrogens is 264 g/mol. The minimum Gasteiger partial charge on any atom is -0.339 e. The molecule has 0 spiro atoms. The first-order valence-corrected chi connectivity index (χ1v) is 7.68. The Labute approximate surface area is 125 Å². The SMILES string of the molecule is CNC1CCCCC1Cc1nc(-c2ccncc2C)no1. The third-order valence-electron chi connectivity index (χ3n) is 4.45. The molecule has 1 aliphatic carbocycles. The minimum absolute atomic E-state index is 0.566. The number of rotatable bonds is 4. The van der Waals surface area contributed by atoms with Crippen molar-refractivity contribution in [2.45, 2.75) is 45.1 Å². The zero-order chi connectivity index (χ0) is 14.7.